The van der Waals surface area contributed by atoms with Crippen molar-refractivity contribution in [1.29, 1.82) is 0 Å². The van der Waals surface area contributed by atoms with Crippen molar-refractivity contribution in [3.8, 4) is 0 Å². The van der Waals surface area contributed by atoms with Crippen LogP contribution in [-0.4, -0.2) is 4.82 Å². The lowest BCUT2D eigenvalue weighted by atomic mass is 10.4. The number of alkyl halides is 2. The molecule has 0 N–H and O–H groups in total. The summed E-state index contributed by atoms with van der Waals surface area (Å²) in [5.74, 6) is 0. The zero-order valence-electron chi connectivity index (χ0n) is 11.9. The van der Waals surface area contributed by atoms with Crippen LogP contribution in [0.15, 0.2) is 91.0 Å². The highest BCUT2D eigenvalue weighted by molar-refractivity contribution is 9.11. The van der Waals surface area contributed by atoms with Crippen molar-refractivity contribution in [3.63, 3.8) is 0 Å². The predicted molar refractivity (Wildman–Crippen MR) is 99.0 cm³/mol. The van der Waals surface area contributed by atoms with Crippen molar-refractivity contribution < 1.29 is 4.39 Å². The maximum Gasteiger partial charge on any atom is 0.272 e. The number of benzene rings is 3. The molecule has 0 heterocycles. The lowest BCUT2D eigenvalue weighted by Gasteiger charge is -2.27. The Morgan fingerprint density at radius 1 is 0.591 bits per heavy atom. The molecule has 0 bridgehead atoms. The second-order valence-electron chi connectivity index (χ2n) is 5.01. The molecule has 0 saturated heterocycles. The molecule has 0 nitrogen and oxygen atoms in total. The van der Waals surface area contributed by atoms with Crippen LogP contribution in [0.3, 0.4) is 0 Å². The molecule has 0 saturated carbocycles. The van der Waals surface area contributed by atoms with Gasteiger partial charge in [-0.3, -0.25) is 0 Å². The molecular weight excluding hydrogens is 358 g/mol. The third kappa shape index (κ3) is 2.62. The summed E-state index contributed by atoms with van der Waals surface area (Å²) in [5.41, 5.74) is 0. The van der Waals surface area contributed by atoms with E-state index in [2.05, 4.69) is 15.9 Å². The second kappa shape index (κ2) is 6.73. The number of rotatable bonds is 4. The summed E-state index contributed by atoms with van der Waals surface area (Å²) in [4.78, 5) is -1.13. The van der Waals surface area contributed by atoms with E-state index in [4.69, 9.17) is 0 Å². The number of hydrogen-bond donors (Lipinski definition) is 0. The van der Waals surface area contributed by atoms with Gasteiger partial charge in [0.1, 0.15) is 15.9 Å². The van der Waals surface area contributed by atoms with Gasteiger partial charge in [0.25, 0.3) is 4.82 Å². The first-order chi connectivity index (χ1) is 10.8. The minimum atomic E-state index is -2.38. The largest absolute Gasteiger partial charge is 0.272 e. The molecule has 22 heavy (non-hydrogen) atoms. The summed E-state index contributed by atoms with van der Waals surface area (Å²) < 4.78 is 15.0. The Morgan fingerprint density at radius 2 is 0.864 bits per heavy atom. The van der Waals surface area contributed by atoms with E-state index in [0.29, 0.717) is 0 Å². The lowest BCUT2D eigenvalue weighted by molar-refractivity contribution is 0.569. The molecule has 1 atom stereocenters. The fourth-order valence-electron chi connectivity index (χ4n) is 2.77. The van der Waals surface area contributed by atoms with E-state index in [0.717, 1.165) is 15.9 Å². The zero-order valence-corrected chi connectivity index (χ0v) is 14.4. The molecule has 0 radical (unpaired) electrons. The second-order valence-corrected chi connectivity index (χ2v) is 9.97. The molecule has 110 valence electrons. The average Bonchev–Trinajstić information content (AvgIpc) is 2.58. The van der Waals surface area contributed by atoms with E-state index >= 15 is 4.39 Å². The van der Waals surface area contributed by atoms with E-state index in [1.165, 1.54) is 0 Å². The van der Waals surface area contributed by atoms with E-state index in [1.807, 2.05) is 91.0 Å². The van der Waals surface area contributed by atoms with Gasteiger partial charge in [-0.15, -0.1) is 0 Å². The molecule has 0 spiro atoms. The first-order valence-corrected chi connectivity index (χ1v) is 9.87. The normalized spacial score (nSPS) is 12.8. The summed E-state index contributed by atoms with van der Waals surface area (Å²) in [5, 5.41) is 3.12. The van der Waals surface area contributed by atoms with Gasteiger partial charge >= 0.3 is 0 Å². The minimum absolute atomic E-state index is 1.04. The van der Waals surface area contributed by atoms with Gasteiger partial charge in [0, 0.05) is 0 Å². The van der Waals surface area contributed by atoms with Crippen LogP contribution in [0.5, 0.6) is 0 Å². The van der Waals surface area contributed by atoms with Gasteiger partial charge in [0.15, 0.2) is 7.26 Å². The molecule has 3 aromatic rings. The Balaban J connectivity index is 2.34. The monoisotopic (exact) mass is 373 g/mol. The Labute approximate surface area is 139 Å². The zero-order chi connectivity index (χ0) is 15.4. The van der Waals surface area contributed by atoms with Crippen LogP contribution < -0.4 is 15.9 Å². The van der Waals surface area contributed by atoms with Crippen LogP contribution in [0, 0.1) is 0 Å². The predicted octanol–water partition coefficient (Wildman–Crippen LogP) is 4.63. The van der Waals surface area contributed by atoms with Crippen LogP contribution in [0.25, 0.3) is 0 Å². The Bertz CT molecular complexity index is 618. The molecular formula is C19H16BrFP+. The molecule has 0 aliphatic heterocycles. The molecule has 1 unspecified atom stereocenters. The quantitative estimate of drug-likeness (QED) is 0.462. The molecule has 0 amide bonds. The van der Waals surface area contributed by atoms with Crippen LogP contribution in [0.4, 0.5) is 4.39 Å². The SMILES string of the molecule is FC(Br)[P+](c1ccccc1)(c1ccccc1)c1ccccc1. The topological polar surface area (TPSA) is 0 Å². The fraction of sp³-hybridized carbons (Fsp3) is 0.0526. The van der Waals surface area contributed by atoms with Gasteiger partial charge in [0.2, 0.25) is 0 Å². The summed E-state index contributed by atoms with van der Waals surface area (Å²) in [6.07, 6.45) is 0. The molecule has 0 aliphatic rings. The first-order valence-electron chi connectivity index (χ1n) is 7.10. The Hall–Kier alpha value is -1.50. The van der Waals surface area contributed by atoms with Gasteiger partial charge < -0.3 is 0 Å². The van der Waals surface area contributed by atoms with Crippen molar-refractivity contribution in [2.24, 2.45) is 0 Å². The molecule has 0 fully saturated rings. The van der Waals surface area contributed by atoms with Gasteiger partial charge in [-0.2, -0.15) is 4.39 Å². The molecule has 3 heteroatoms. The maximum absolute atomic E-state index is 15.0. The van der Waals surface area contributed by atoms with Crippen molar-refractivity contribution in [2.75, 3.05) is 0 Å². The van der Waals surface area contributed by atoms with Crippen LogP contribution in [0.2, 0.25) is 0 Å². The highest BCUT2D eigenvalue weighted by Gasteiger charge is 2.52. The Morgan fingerprint density at radius 3 is 1.09 bits per heavy atom. The highest BCUT2D eigenvalue weighted by Crippen LogP contribution is 2.62. The van der Waals surface area contributed by atoms with Crippen LogP contribution in [0.1, 0.15) is 0 Å². The van der Waals surface area contributed by atoms with Crippen LogP contribution >= 0.6 is 23.2 Å². The minimum Gasteiger partial charge on any atom is -0.190 e. The fourth-order valence-corrected chi connectivity index (χ4v) is 8.40. The van der Waals surface area contributed by atoms with Gasteiger partial charge in [-0.1, -0.05) is 54.6 Å². The van der Waals surface area contributed by atoms with Gasteiger partial charge in [-0.05, 0) is 52.3 Å². The van der Waals surface area contributed by atoms with E-state index in [-0.39, 0.29) is 0 Å². The summed E-state index contributed by atoms with van der Waals surface area (Å²) in [6.45, 7) is 0. The molecule has 3 aromatic carbocycles. The molecule has 0 aromatic heterocycles. The third-order valence-corrected chi connectivity index (χ3v) is 9.55. The van der Waals surface area contributed by atoms with Crippen molar-refractivity contribution >= 4 is 39.1 Å². The molecule has 3 rings (SSSR count). The summed E-state index contributed by atoms with van der Waals surface area (Å²) >= 11 is 3.29. The van der Waals surface area contributed by atoms with Gasteiger partial charge in [0.05, 0.1) is 0 Å². The highest BCUT2D eigenvalue weighted by atomic mass is 79.9. The summed E-state index contributed by atoms with van der Waals surface area (Å²) in [7, 11) is -2.38. The number of halogens is 2. The Kier molecular flexibility index (Phi) is 4.71. The standard InChI is InChI=1S/C19H16BrFP/c20-19(21)22(16-10-4-1-5-11-16,17-12-6-2-7-13-17)18-14-8-3-9-15-18/h1-15,19H/q+1. The van der Waals surface area contributed by atoms with E-state index in [1.54, 1.807) is 0 Å². The van der Waals surface area contributed by atoms with Crippen molar-refractivity contribution in [3.05, 3.63) is 91.0 Å². The summed E-state index contributed by atoms with van der Waals surface area (Å²) in [6, 6.07) is 29.9. The first kappa shape index (κ1) is 15.4. The van der Waals surface area contributed by atoms with Crippen molar-refractivity contribution in [1.82, 2.24) is 0 Å². The lowest BCUT2D eigenvalue weighted by Crippen LogP contribution is -2.35. The maximum atomic E-state index is 15.0. The van der Waals surface area contributed by atoms with Gasteiger partial charge in [-0.25, -0.2) is 0 Å². The third-order valence-electron chi connectivity index (χ3n) is 3.78. The van der Waals surface area contributed by atoms with Crippen LogP contribution in [-0.2, 0) is 0 Å². The smallest absolute Gasteiger partial charge is 0.190 e. The number of hydrogen-bond acceptors (Lipinski definition) is 0. The van der Waals surface area contributed by atoms with E-state index < -0.39 is 12.1 Å². The molecule has 0 aliphatic carbocycles. The van der Waals surface area contributed by atoms with E-state index in [9.17, 15) is 0 Å². The average molecular weight is 374 g/mol. The van der Waals surface area contributed by atoms with Crippen molar-refractivity contribution in [2.45, 2.75) is 4.82 Å².